The lowest BCUT2D eigenvalue weighted by molar-refractivity contribution is -0.166. The molecule has 2 unspecified atom stereocenters. The van der Waals surface area contributed by atoms with Crippen LogP contribution in [0.4, 0.5) is 0 Å². The number of primary amides is 1. The molecule has 2 N–H and O–H groups in total. The van der Waals surface area contributed by atoms with Crippen LogP contribution in [-0.2, 0) is 38.1 Å². The first-order valence-corrected chi connectivity index (χ1v) is 8.27. The Morgan fingerprint density at radius 2 is 1.74 bits per heavy atom. The van der Waals surface area contributed by atoms with Gasteiger partial charge in [0.1, 0.15) is 12.7 Å². The Labute approximate surface area is 155 Å². The van der Waals surface area contributed by atoms with E-state index in [2.05, 4.69) is 0 Å². The van der Waals surface area contributed by atoms with Crippen LogP contribution in [0.25, 0.3) is 0 Å². The Balaban J connectivity index is 2.32. The fourth-order valence-corrected chi connectivity index (χ4v) is 2.83. The molecule has 2 rings (SSSR count). The highest BCUT2D eigenvalue weighted by atomic mass is 16.7. The monoisotopic (exact) mass is 382 g/mol. The molecule has 0 saturated carbocycles. The minimum Gasteiger partial charge on any atom is -0.463 e. The number of rotatable bonds is 6. The molecule has 10 heteroatoms. The van der Waals surface area contributed by atoms with Crippen LogP contribution in [0, 0.1) is 0 Å². The molecule has 2 heterocycles. The molecule has 1 fully saturated rings. The van der Waals surface area contributed by atoms with Crippen LogP contribution in [0.1, 0.15) is 27.2 Å². The van der Waals surface area contributed by atoms with Crippen LogP contribution in [0.15, 0.2) is 24.0 Å². The summed E-state index contributed by atoms with van der Waals surface area (Å²) in [5.41, 5.74) is 5.65. The Kier molecular flexibility index (Phi) is 6.56. The summed E-state index contributed by atoms with van der Waals surface area (Å²) in [6.07, 6.45) is 1.35. The number of nitrogens with zero attached hydrogens (tertiary/aromatic N) is 1. The van der Waals surface area contributed by atoms with E-state index in [1.165, 1.54) is 31.9 Å². The van der Waals surface area contributed by atoms with Gasteiger partial charge >= 0.3 is 17.9 Å². The van der Waals surface area contributed by atoms with Crippen LogP contribution >= 0.6 is 0 Å². The van der Waals surface area contributed by atoms with Crippen molar-refractivity contribution in [3.63, 3.8) is 0 Å². The second kappa shape index (κ2) is 8.67. The molecule has 0 aromatic rings. The van der Waals surface area contributed by atoms with E-state index in [1.807, 2.05) is 0 Å². The third-order valence-corrected chi connectivity index (χ3v) is 3.87. The molecule has 2 aliphatic rings. The van der Waals surface area contributed by atoms with Crippen molar-refractivity contribution in [2.75, 3.05) is 6.61 Å². The van der Waals surface area contributed by atoms with E-state index < -0.39 is 48.4 Å². The van der Waals surface area contributed by atoms with Crippen molar-refractivity contribution in [3.8, 4) is 0 Å². The van der Waals surface area contributed by atoms with Crippen LogP contribution in [0.5, 0.6) is 0 Å². The van der Waals surface area contributed by atoms with Gasteiger partial charge in [0.15, 0.2) is 18.4 Å². The predicted octanol–water partition coefficient (Wildman–Crippen LogP) is -0.274. The number of allylic oxidation sites excluding steroid dienone is 1. The molecule has 148 valence electrons. The van der Waals surface area contributed by atoms with Crippen LogP contribution < -0.4 is 5.73 Å². The lowest BCUT2D eigenvalue weighted by Gasteiger charge is -2.30. The first kappa shape index (κ1) is 20.4. The molecule has 27 heavy (non-hydrogen) atoms. The number of hydrogen-bond acceptors (Lipinski definition) is 9. The molecule has 2 aliphatic heterocycles. The van der Waals surface area contributed by atoms with Gasteiger partial charge in [-0.05, 0) is 6.42 Å². The second-order valence-corrected chi connectivity index (χ2v) is 6.07. The third kappa shape index (κ3) is 5.30. The summed E-state index contributed by atoms with van der Waals surface area (Å²) >= 11 is 0. The molecular weight excluding hydrogens is 360 g/mol. The topological polar surface area (TPSA) is 134 Å². The van der Waals surface area contributed by atoms with E-state index >= 15 is 0 Å². The number of hydrogen-bond donors (Lipinski definition) is 1. The van der Waals surface area contributed by atoms with Crippen LogP contribution in [0.2, 0.25) is 0 Å². The highest BCUT2D eigenvalue weighted by molar-refractivity contribution is 5.92. The van der Waals surface area contributed by atoms with Crippen molar-refractivity contribution in [1.82, 2.24) is 4.90 Å². The summed E-state index contributed by atoms with van der Waals surface area (Å²) in [7, 11) is 0. The summed E-state index contributed by atoms with van der Waals surface area (Å²) in [5, 5.41) is 0. The van der Waals surface area contributed by atoms with Gasteiger partial charge in [0, 0.05) is 38.7 Å². The normalized spacial score (nSPS) is 26.9. The van der Waals surface area contributed by atoms with Gasteiger partial charge in [0.2, 0.25) is 5.91 Å². The minimum absolute atomic E-state index is 0.203. The fraction of sp³-hybridized carbons (Fsp3) is 0.529. The first-order valence-electron chi connectivity index (χ1n) is 8.27. The molecule has 0 spiro atoms. The average molecular weight is 382 g/mol. The van der Waals surface area contributed by atoms with Gasteiger partial charge in [-0.1, -0.05) is 6.08 Å². The maximum atomic E-state index is 11.6. The zero-order valence-electron chi connectivity index (χ0n) is 15.2. The summed E-state index contributed by atoms with van der Waals surface area (Å²) < 4.78 is 21.4. The van der Waals surface area contributed by atoms with E-state index in [9.17, 15) is 19.2 Å². The fourth-order valence-electron chi connectivity index (χ4n) is 2.83. The summed E-state index contributed by atoms with van der Waals surface area (Å²) in [4.78, 5) is 47.2. The van der Waals surface area contributed by atoms with E-state index in [4.69, 9.17) is 24.7 Å². The van der Waals surface area contributed by atoms with E-state index in [1.54, 1.807) is 12.3 Å². The summed E-state index contributed by atoms with van der Waals surface area (Å²) in [6, 6.07) is 0. The zero-order chi connectivity index (χ0) is 20.1. The number of carbonyl (C=O) groups excluding carboxylic acids is 4. The SMILES string of the molecule is CC(=O)OCC1OC(N2C=CCC(C(N)=O)=C2)[C@H](OC(C)=O)[C@@H]1OC(C)=O. The Morgan fingerprint density at radius 1 is 1.11 bits per heavy atom. The van der Waals surface area contributed by atoms with Crippen molar-refractivity contribution < 1.29 is 38.1 Å². The molecule has 0 radical (unpaired) electrons. The Hall–Kier alpha value is -2.88. The smallest absolute Gasteiger partial charge is 0.303 e. The number of amides is 1. The lowest BCUT2D eigenvalue weighted by Crippen LogP contribution is -2.45. The standard InChI is InChI=1S/C17H22N2O8/c1-9(20)24-8-13-14(25-10(2)21)15(26-11(3)22)17(27-13)19-6-4-5-12(7-19)16(18)23/h4,6-7,13-15,17H,5,8H2,1-3H3,(H2,18,23)/t13?,14-,15-,17?/m1/s1. The first-order chi connectivity index (χ1) is 12.7. The van der Waals surface area contributed by atoms with Crippen molar-refractivity contribution in [2.45, 2.75) is 51.7 Å². The van der Waals surface area contributed by atoms with Gasteiger partial charge in [0.05, 0.1) is 0 Å². The molecule has 1 amide bonds. The van der Waals surface area contributed by atoms with E-state index in [-0.39, 0.29) is 6.61 Å². The van der Waals surface area contributed by atoms with Crippen molar-refractivity contribution in [2.24, 2.45) is 5.73 Å². The molecule has 1 saturated heterocycles. The number of esters is 3. The number of ether oxygens (including phenoxy) is 4. The highest BCUT2D eigenvalue weighted by Crippen LogP contribution is 2.31. The lowest BCUT2D eigenvalue weighted by atomic mass is 10.1. The van der Waals surface area contributed by atoms with Gasteiger partial charge in [0.25, 0.3) is 0 Å². The predicted molar refractivity (Wildman–Crippen MR) is 89.3 cm³/mol. The minimum atomic E-state index is -1.01. The quantitative estimate of drug-likeness (QED) is 0.486. The largest absolute Gasteiger partial charge is 0.463 e. The van der Waals surface area contributed by atoms with Crippen molar-refractivity contribution in [3.05, 3.63) is 24.0 Å². The molecule has 0 aromatic heterocycles. The number of carbonyl (C=O) groups is 4. The Bertz CT molecular complexity index is 686. The van der Waals surface area contributed by atoms with Crippen LogP contribution in [0.3, 0.4) is 0 Å². The molecule has 0 aliphatic carbocycles. The summed E-state index contributed by atoms with van der Waals surface area (Å²) in [6.45, 7) is 3.43. The van der Waals surface area contributed by atoms with E-state index in [0.29, 0.717) is 12.0 Å². The average Bonchev–Trinajstić information content (AvgIpc) is 2.89. The third-order valence-electron chi connectivity index (χ3n) is 3.87. The summed E-state index contributed by atoms with van der Waals surface area (Å²) in [5.74, 6) is -2.36. The molecule has 4 atom stereocenters. The molecule has 0 bridgehead atoms. The van der Waals surface area contributed by atoms with Gasteiger partial charge in [-0.2, -0.15) is 0 Å². The zero-order valence-corrected chi connectivity index (χ0v) is 15.2. The Morgan fingerprint density at radius 3 is 2.30 bits per heavy atom. The maximum absolute atomic E-state index is 11.6. The van der Waals surface area contributed by atoms with Gasteiger partial charge in [-0.15, -0.1) is 0 Å². The highest BCUT2D eigenvalue weighted by Gasteiger charge is 2.51. The maximum Gasteiger partial charge on any atom is 0.303 e. The second-order valence-electron chi connectivity index (χ2n) is 6.07. The van der Waals surface area contributed by atoms with Gasteiger partial charge in [-0.3, -0.25) is 19.2 Å². The molecule has 0 aromatic carbocycles. The van der Waals surface area contributed by atoms with Crippen LogP contribution in [-0.4, -0.2) is 59.9 Å². The number of nitrogens with two attached hydrogens (primary N) is 1. The molecular formula is C17H22N2O8. The van der Waals surface area contributed by atoms with Gasteiger partial charge in [-0.25, -0.2) is 0 Å². The van der Waals surface area contributed by atoms with Crippen molar-refractivity contribution in [1.29, 1.82) is 0 Å². The molecule has 10 nitrogen and oxygen atoms in total. The van der Waals surface area contributed by atoms with Gasteiger partial charge < -0.3 is 29.6 Å². The van der Waals surface area contributed by atoms with Crippen molar-refractivity contribution >= 4 is 23.8 Å². The van der Waals surface area contributed by atoms with E-state index in [0.717, 1.165) is 0 Å².